The van der Waals surface area contributed by atoms with Gasteiger partial charge in [-0.1, -0.05) is 53.7 Å². The number of phenolic OH excluding ortho intramolecular Hbond substituents is 1. The standard InChI is InChI=1S/C25H39NO4/c1-24(2,3)19-15-17(16-20(22(19)28)25(4,5)6)7-8-21(27)26-11-9-18(10-12-26)23-29-13-14-30-23/h15-16,18,23,28H,7-14H2,1-6H3. The van der Waals surface area contributed by atoms with Gasteiger partial charge in [-0.2, -0.15) is 0 Å². The summed E-state index contributed by atoms with van der Waals surface area (Å²) >= 11 is 0. The predicted octanol–water partition coefficient (Wildman–Crippen LogP) is 4.53. The zero-order valence-corrected chi connectivity index (χ0v) is 19.6. The van der Waals surface area contributed by atoms with E-state index >= 15 is 0 Å². The monoisotopic (exact) mass is 417 g/mol. The number of aromatic hydroxyl groups is 1. The van der Waals surface area contributed by atoms with Gasteiger partial charge in [-0.15, -0.1) is 0 Å². The number of hydrogen-bond acceptors (Lipinski definition) is 4. The number of amides is 1. The fraction of sp³-hybridized carbons (Fsp3) is 0.720. The van der Waals surface area contributed by atoms with Crippen molar-refractivity contribution in [3.05, 3.63) is 28.8 Å². The van der Waals surface area contributed by atoms with Crippen molar-refractivity contribution in [2.75, 3.05) is 26.3 Å². The summed E-state index contributed by atoms with van der Waals surface area (Å²) in [6.07, 6.45) is 3.00. The van der Waals surface area contributed by atoms with Gasteiger partial charge in [-0.05, 0) is 46.8 Å². The number of rotatable bonds is 4. The predicted molar refractivity (Wildman–Crippen MR) is 119 cm³/mol. The number of hydrogen-bond donors (Lipinski definition) is 1. The molecule has 30 heavy (non-hydrogen) atoms. The Morgan fingerprint density at radius 2 is 1.50 bits per heavy atom. The summed E-state index contributed by atoms with van der Waals surface area (Å²) in [5.74, 6) is 1.00. The van der Waals surface area contributed by atoms with E-state index in [0.29, 0.717) is 37.7 Å². The maximum Gasteiger partial charge on any atom is 0.222 e. The summed E-state index contributed by atoms with van der Waals surface area (Å²) in [7, 11) is 0. The van der Waals surface area contributed by atoms with Gasteiger partial charge < -0.3 is 19.5 Å². The van der Waals surface area contributed by atoms with Crippen LogP contribution in [0.1, 0.15) is 77.5 Å². The lowest BCUT2D eigenvalue weighted by Gasteiger charge is -2.34. The zero-order chi connectivity index (χ0) is 22.1. The number of ether oxygens (including phenoxy) is 2. The maximum atomic E-state index is 12.8. The Labute approximate surface area is 181 Å². The van der Waals surface area contributed by atoms with E-state index in [2.05, 4.69) is 53.7 Å². The Morgan fingerprint density at radius 1 is 1.00 bits per heavy atom. The number of phenols is 1. The average molecular weight is 418 g/mol. The van der Waals surface area contributed by atoms with Crippen molar-refractivity contribution >= 4 is 5.91 Å². The Hall–Kier alpha value is -1.59. The number of benzene rings is 1. The van der Waals surface area contributed by atoms with Crippen LogP contribution in [0.25, 0.3) is 0 Å². The van der Waals surface area contributed by atoms with Crippen molar-refractivity contribution in [1.29, 1.82) is 0 Å². The molecule has 1 amide bonds. The summed E-state index contributed by atoms with van der Waals surface area (Å²) < 4.78 is 11.3. The second-order valence-electron chi connectivity index (χ2n) is 10.9. The number of carbonyl (C=O) groups is 1. The quantitative estimate of drug-likeness (QED) is 0.782. The molecule has 2 saturated heterocycles. The van der Waals surface area contributed by atoms with Gasteiger partial charge in [0.15, 0.2) is 6.29 Å². The van der Waals surface area contributed by atoms with Gasteiger partial charge in [0.05, 0.1) is 13.2 Å². The first-order chi connectivity index (χ1) is 14.0. The molecule has 2 heterocycles. The van der Waals surface area contributed by atoms with Gasteiger partial charge in [0, 0.05) is 25.4 Å². The highest BCUT2D eigenvalue weighted by molar-refractivity contribution is 5.76. The number of aryl methyl sites for hydroxylation is 1. The molecule has 2 aliphatic heterocycles. The van der Waals surface area contributed by atoms with Crippen LogP contribution in [0.2, 0.25) is 0 Å². The van der Waals surface area contributed by atoms with E-state index in [1.807, 2.05) is 4.90 Å². The van der Waals surface area contributed by atoms with Crippen LogP contribution in [0.15, 0.2) is 12.1 Å². The van der Waals surface area contributed by atoms with Crippen LogP contribution in [0, 0.1) is 5.92 Å². The minimum absolute atomic E-state index is 0.0779. The summed E-state index contributed by atoms with van der Waals surface area (Å²) in [6.45, 7) is 15.6. The van der Waals surface area contributed by atoms with E-state index in [9.17, 15) is 9.90 Å². The average Bonchev–Trinajstić information content (AvgIpc) is 3.20. The van der Waals surface area contributed by atoms with Crippen LogP contribution in [0.4, 0.5) is 0 Å². The third-order valence-corrected chi connectivity index (χ3v) is 6.34. The van der Waals surface area contributed by atoms with Crippen molar-refractivity contribution < 1.29 is 19.4 Å². The van der Waals surface area contributed by atoms with Crippen LogP contribution in [0.5, 0.6) is 5.75 Å². The molecule has 3 rings (SSSR count). The van der Waals surface area contributed by atoms with Gasteiger partial charge in [0.25, 0.3) is 0 Å². The molecule has 0 spiro atoms. The molecule has 1 N–H and O–H groups in total. The fourth-order valence-corrected chi connectivity index (χ4v) is 4.46. The van der Waals surface area contributed by atoms with Crippen molar-refractivity contribution in [3.63, 3.8) is 0 Å². The molecule has 5 heteroatoms. The van der Waals surface area contributed by atoms with Crippen molar-refractivity contribution in [2.24, 2.45) is 5.92 Å². The minimum Gasteiger partial charge on any atom is -0.507 e. The molecule has 0 unspecified atom stereocenters. The minimum atomic E-state index is -0.156. The van der Waals surface area contributed by atoms with E-state index in [4.69, 9.17) is 9.47 Å². The maximum absolute atomic E-state index is 12.8. The second-order valence-corrected chi connectivity index (χ2v) is 10.9. The van der Waals surface area contributed by atoms with Crippen LogP contribution >= 0.6 is 0 Å². The van der Waals surface area contributed by atoms with Gasteiger partial charge in [0.2, 0.25) is 5.91 Å². The highest BCUT2D eigenvalue weighted by Gasteiger charge is 2.32. The van der Waals surface area contributed by atoms with Gasteiger partial charge in [-0.3, -0.25) is 4.79 Å². The van der Waals surface area contributed by atoms with E-state index in [0.717, 1.165) is 42.6 Å². The molecule has 0 bridgehead atoms. The first-order valence-electron chi connectivity index (χ1n) is 11.3. The molecule has 0 aromatic heterocycles. The second kappa shape index (κ2) is 8.88. The van der Waals surface area contributed by atoms with Crippen LogP contribution in [0.3, 0.4) is 0 Å². The molecular weight excluding hydrogens is 378 g/mol. The molecule has 2 aliphatic rings. The normalized spacial score (nSPS) is 19.5. The Morgan fingerprint density at radius 3 is 1.97 bits per heavy atom. The molecule has 1 aromatic rings. The molecule has 0 radical (unpaired) electrons. The lowest BCUT2D eigenvalue weighted by atomic mass is 9.78. The smallest absolute Gasteiger partial charge is 0.222 e. The van der Waals surface area contributed by atoms with E-state index in [1.54, 1.807) is 0 Å². The Bertz CT molecular complexity index is 710. The van der Waals surface area contributed by atoms with E-state index in [1.165, 1.54) is 0 Å². The van der Waals surface area contributed by atoms with Gasteiger partial charge in [-0.25, -0.2) is 0 Å². The van der Waals surface area contributed by atoms with Crippen LogP contribution < -0.4 is 0 Å². The van der Waals surface area contributed by atoms with Crippen molar-refractivity contribution in [1.82, 2.24) is 4.90 Å². The molecule has 0 saturated carbocycles. The van der Waals surface area contributed by atoms with Gasteiger partial charge >= 0.3 is 0 Å². The van der Waals surface area contributed by atoms with Gasteiger partial charge in [0.1, 0.15) is 5.75 Å². The van der Waals surface area contributed by atoms with Crippen LogP contribution in [-0.4, -0.2) is 48.5 Å². The molecule has 0 aliphatic carbocycles. The summed E-state index contributed by atoms with van der Waals surface area (Å²) in [6, 6.07) is 4.16. The Balaban J connectivity index is 1.64. The molecular formula is C25H39NO4. The first kappa shape index (κ1) is 23.1. The van der Waals surface area contributed by atoms with Crippen molar-refractivity contribution in [2.45, 2.75) is 84.3 Å². The summed E-state index contributed by atoms with van der Waals surface area (Å²) in [5, 5.41) is 10.9. The number of carbonyl (C=O) groups excluding carboxylic acids is 1. The molecule has 5 nitrogen and oxygen atoms in total. The summed E-state index contributed by atoms with van der Waals surface area (Å²) in [5.41, 5.74) is 2.72. The first-order valence-corrected chi connectivity index (χ1v) is 11.3. The number of piperidine rings is 1. The topological polar surface area (TPSA) is 59.0 Å². The lowest BCUT2D eigenvalue weighted by molar-refractivity contribution is -0.136. The SMILES string of the molecule is CC(C)(C)c1cc(CCC(=O)N2CCC(C3OCCO3)CC2)cc(C(C)(C)C)c1O. The molecule has 0 atom stereocenters. The highest BCUT2D eigenvalue weighted by Crippen LogP contribution is 2.40. The van der Waals surface area contributed by atoms with E-state index in [-0.39, 0.29) is 23.0 Å². The molecule has 168 valence electrons. The fourth-order valence-electron chi connectivity index (χ4n) is 4.46. The largest absolute Gasteiger partial charge is 0.507 e. The number of likely N-dealkylation sites (tertiary alicyclic amines) is 1. The highest BCUT2D eigenvalue weighted by atomic mass is 16.7. The zero-order valence-electron chi connectivity index (χ0n) is 19.6. The number of nitrogens with zero attached hydrogens (tertiary/aromatic N) is 1. The Kier molecular flexibility index (Phi) is 6.83. The van der Waals surface area contributed by atoms with Crippen LogP contribution in [-0.2, 0) is 31.5 Å². The van der Waals surface area contributed by atoms with E-state index < -0.39 is 0 Å². The van der Waals surface area contributed by atoms with Crippen molar-refractivity contribution in [3.8, 4) is 5.75 Å². The molecule has 1 aromatic carbocycles. The lowest BCUT2D eigenvalue weighted by Crippen LogP contribution is -2.41. The third-order valence-electron chi connectivity index (χ3n) is 6.34. The summed E-state index contributed by atoms with van der Waals surface area (Å²) in [4.78, 5) is 14.8. The third kappa shape index (κ3) is 5.36. The molecule has 2 fully saturated rings.